The van der Waals surface area contributed by atoms with Crippen LogP contribution in [0.4, 0.5) is 11.5 Å². The number of hydrogen-bond acceptors (Lipinski definition) is 5. The van der Waals surface area contributed by atoms with Crippen molar-refractivity contribution in [2.75, 3.05) is 18.1 Å². The molecule has 0 bridgehead atoms. The highest BCUT2D eigenvalue weighted by molar-refractivity contribution is 8.00. The maximum atomic E-state index is 10.5. The molecule has 0 saturated heterocycles. The first-order valence-electron chi connectivity index (χ1n) is 6.55. The van der Waals surface area contributed by atoms with Crippen molar-refractivity contribution < 1.29 is 4.92 Å². The van der Waals surface area contributed by atoms with Gasteiger partial charge in [-0.2, -0.15) is 11.8 Å². The van der Waals surface area contributed by atoms with Crippen molar-refractivity contribution in [3.05, 3.63) is 28.4 Å². The molecule has 6 heteroatoms. The van der Waals surface area contributed by atoms with E-state index in [0.29, 0.717) is 4.75 Å². The summed E-state index contributed by atoms with van der Waals surface area (Å²) in [5, 5.41) is 13.9. The van der Waals surface area contributed by atoms with E-state index in [2.05, 4.69) is 16.6 Å². The average molecular weight is 281 g/mol. The number of thioether (sulfide) groups is 1. The van der Waals surface area contributed by atoms with E-state index in [1.807, 2.05) is 11.8 Å². The fourth-order valence-corrected chi connectivity index (χ4v) is 3.42. The van der Waals surface area contributed by atoms with Gasteiger partial charge < -0.3 is 15.4 Å². The van der Waals surface area contributed by atoms with Crippen LogP contribution in [0.5, 0.6) is 0 Å². The fourth-order valence-electron chi connectivity index (χ4n) is 2.51. The van der Waals surface area contributed by atoms with E-state index in [-0.39, 0.29) is 5.82 Å². The minimum Gasteiger partial charge on any atom is -0.381 e. The molecule has 1 heterocycles. The average Bonchev–Trinajstić information content (AvgIpc) is 2.46. The number of hydrogen-bond donors (Lipinski definition) is 1. The van der Waals surface area contributed by atoms with Gasteiger partial charge in [-0.3, -0.25) is 0 Å². The van der Waals surface area contributed by atoms with Gasteiger partial charge in [-0.05, 0) is 35.1 Å². The van der Waals surface area contributed by atoms with Crippen LogP contribution >= 0.6 is 11.8 Å². The number of pyridine rings is 1. The topological polar surface area (TPSA) is 68.1 Å². The van der Waals surface area contributed by atoms with Crippen molar-refractivity contribution in [1.29, 1.82) is 0 Å². The second-order valence-electron chi connectivity index (χ2n) is 4.96. The highest BCUT2D eigenvalue weighted by Gasteiger charge is 2.30. The van der Waals surface area contributed by atoms with Gasteiger partial charge in [0.25, 0.3) is 0 Å². The van der Waals surface area contributed by atoms with Crippen LogP contribution in [0.2, 0.25) is 0 Å². The molecule has 2 rings (SSSR count). The molecule has 0 spiro atoms. The zero-order valence-electron chi connectivity index (χ0n) is 11.1. The Kier molecular flexibility index (Phi) is 4.63. The lowest BCUT2D eigenvalue weighted by molar-refractivity contribution is -0.389. The number of anilines is 1. The van der Waals surface area contributed by atoms with Gasteiger partial charge in [0, 0.05) is 17.4 Å². The van der Waals surface area contributed by atoms with Crippen LogP contribution in [-0.2, 0) is 0 Å². The summed E-state index contributed by atoms with van der Waals surface area (Å²) in [4.78, 5) is 13.9. The zero-order chi connectivity index (χ0) is 13.7. The van der Waals surface area contributed by atoms with E-state index < -0.39 is 4.92 Å². The lowest BCUT2D eigenvalue weighted by atomic mass is 9.88. The van der Waals surface area contributed by atoms with E-state index in [1.165, 1.54) is 44.4 Å². The van der Waals surface area contributed by atoms with Crippen molar-refractivity contribution in [2.45, 2.75) is 36.9 Å². The van der Waals surface area contributed by atoms with Crippen LogP contribution in [0.3, 0.4) is 0 Å². The predicted molar refractivity (Wildman–Crippen MR) is 78.7 cm³/mol. The van der Waals surface area contributed by atoms with Gasteiger partial charge in [0.2, 0.25) is 0 Å². The smallest absolute Gasteiger partial charge is 0.363 e. The number of nitrogens with zero attached hydrogens (tertiary/aromatic N) is 2. The van der Waals surface area contributed by atoms with Crippen molar-refractivity contribution in [3.8, 4) is 0 Å². The molecule has 0 unspecified atom stereocenters. The zero-order valence-corrected chi connectivity index (χ0v) is 11.9. The first-order chi connectivity index (χ1) is 9.15. The van der Waals surface area contributed by atoms with Gasteiger partial charge in [0.15, 0.2) is 6.20 Å². The van der Waals surface area contributed by atoms with Crippen LogP contribution in [-0.4, -0.2) is 27.5 Å². The molecule has 1 aliphatic rings. The Hall–Kier alpha value is -1.30. The molecule has 104 valence electrons. The lowest BCUT2D eigenvalue weighted by Crippen LogP contribution is -2.35. The Morgan fingerprint density at radius 2 is 2.16 bits per heavy atom. The quantitative estimate of drug-likeness (QED) is 0.661. The molecule has 1 aromatic rings. The maximum Gasteiger partial charge on any atom is 0.363 e. The summed E-state index contributed by atoms with van der Waals surface area (Å²) in [6, 6.07) is 3.16. The van der Waals surface area contributed by atoms with E-state index in [9.17, 15) is 10.1 Å². The van der Waals surface area contributed by atoms with E-state index >= 15 is 0 Å². The molecular weight excluding hydrogens is 262 g/mol. The molecular formula is C13H19N3O2S. The van der Waals surface area contributed by atoms with Gasteiger partial charge in [0.05, 0.1) is 5.69 Å². The normalized spacial score (nSPS) is 17.9. The van der Waals surface area contributed by atoms with Crippen LogP contribution < -0.4 is 5.32 Å². The fraction of sp³-hybridized carbons (Fsp3) is 0.615. The molecule has 1 aromatic heterocycles. The van der Waals surface area contributed by atoms with E-state index in [0.717, 1.165) is 12.2 Å². The highest BCUT2D eigenvalue weighted by Crippen LogP contribution is 2.38. The Balaban J connectivity index is 1.95. The maximum absolute atomic E-state index is 10.5. The van der Waals surface area contributed by atoms with Crippen LogP contribution in [0.25, 0.3) is 0 Å². The van der Waals surface area contributed by atoms with E-state index in [1.54, 1.807) is 6.07 Å². The summed E-state index contributed by atoms with van der Waals surface area (Å²) in [6.45, 7) is 0.896. The monoisotopic (exact) mass is 281 g/mol. The summed E-state index contributed by atoms with van der Waals surface area (Å²) < 4.78 is 0.306. The number of rotatable bonds is 5. The molecule has 1 saturated carbocycles. The Labute approximate surface area is 117 Å². The van der Waals surface area contributed by atoms with Gasteiger partial charge in [-0.15, -0.1) is 0 Å². The van der Waals surface area contributed by atoms with Crippen LogP contribution in [0.1, 0.15) is 32.1 Å². The van der Waals surface area contributed by atoms with Gasteiger partial charge in [-0.1, -0.05) is 19.3 Å². The molecule has 19 heavy (non-hydrogen) atoms. The Morgan fingerprint density at radius 3 is 2.68 bits per heavy atom. The van der Waals surface area contributed by atoms with Crippen LogP contribution in [0.15, 0.2) is 18.3 Å². The second-order valence-corrected chi connectivity index (χ2v) is 6.24. The number of nitro groups is 1. The molecule has 5 nitrogen and oxygen atoms in total. The Morgan fingerprint density at radius 1 is 1.42 bits per heavy atom. The third-order valence-electron chi connectivity index (χ3n) is 3.75. The molecule has 0 aliphatic heterocycles. The third-order valence-corrected chi connectivity index (χ3v) is 5.17. The first-order valence-corrected chi connectivity index (χ1v) is 7.77. The summed E-state index contributed by atoms with van der Waals surface area (Å²) in [7, 11) is 0. The van der Waals surface area contributed by atoms with Gasteiger partial charge in [0.1, 0.15) is 0 Å². The lowest BCUT2D eigenvalue weighted by Gasteiger charge is -2.36. The Bertz CT molecular complexity index is 430. The molecule has 0 aromatic carbocycles. The first kappa shape index (κ1) is 14.1. The number of aromatic nitrogens is 1. The van der Waals surface area contributed by atoms with Crippen molar-refractivity contribution in [2.24, 2.45) is 0 Å². The minimum absolute atomic E-state index is 0.109. The molecule has 0 atom stereocenters. The van der Waals surface area contributed by atoms with Gasteiger partial charge >= 0.3 is 5.82 Å². The van der Waals surface area contributed by atoms with E-state index in [4.69, 9.17) is 0 Å². The molecule has 0 amide bonds. The molecule has 1 N–H and O–H groups in total. The third kappa shape index (κ3) is 3.59. The predicted octanol–water partition coefficient (Wildman–Crippen LogP) is 3.47. The summed E-state index contributed by atoms with van der Waals surface area (Å²) in [6.07, 6.45) is 10.1. The van der Waals surface area contributed by atoms with Crippen molar-refractivity contribution in [1.82, 2.24) is 4.98 Å². The molecule has 1 aliphatic carbocycles. The summed E-state index contributed by atoms with van der Waals surface area (Å²) >= 11 is 1.93. The summed E-state index contributed by atoms with van der Waals surface area (Å²) in [5.74, 6) is -0.109. The van der Waals surface area contributed by atoms with Crippen LogP contribution in [0, 0.1) is 10.1 Å². The van der Waals surface area contributed by atoms with Crippen molar-refractivity contribution in [3.63, 3.8) is 0 Å². The largest absolute Gasteiger partial charge is 0.381 e. The minimum atomic E-state index is -0.478. The van der Waals surface area contributed by atoms with Gasteiger partial charge in [-0.25, -0.2) is 0 Å². The summed E-state index contributed by atoms with van der Waals surface area (Å²) in [5.41, 5.74) is 0.851. The highest BCUT2D eigenvalue weighted by atomic mass is 32.2. The SMILES string of the molecule is CSC1(CNc2ccc([N+](=O)[O-])nc2)CCCCC1. The second kappa shape index (κ2) is 6.23. The molecule has 0 radical (unpaired) electrons. The standard InChI is InChI=1S/C13H19N3O2S/c1-19-13(7-3-2-4-8-13)10-15-11-5-6-12(14-9-11)16(17)18/h5-6,9,15H,2-4,7-8,10H2,1H3. The number of nitrogens with one attached hydrogen (secondary N) is 1. The van der Waals surface area contributed by atoms with Crippen molar-refractivity contribution >= 4 is 23.3 Å². The molecule has 1 fully saturated rings.